The Kier molecular flexibility index (Phi) is 4.43. The Morgan fingerprint density at radius 2 is 2.17 bits per heavy atom. The van der Waals surface area contributed by atoms with Gasteiger partial charge in [0.05, 0.1) is 11.4 Å². The molecule has 24 heavy (non-hydrogen) atoms. The number of rotatable bonds is 4. The van der Waals surface area contributed by atoms with E-state index in [1.807, 2.05) is 18.2 Å². The fourth-order valence-electron chi connectivity index (χ4n) is 2.14. The number of carbonyl (C=O) groups is 3. The Morgan fingerprint density at radius 1 is 1.33 bits per heavy atom. The van der Waals surface area contributed by atoms with E-state index in [-0.39, 0.29) is 5.76 Å². The second kappa shape index (κ2) is 6.67. The molecule has 0 saturated carbocycles. The van der Waals surface area contributed by atoms with E-state index in [0.29, 0.717) is 5.69 Å². The lowest BCUT2D eigenvalue weighted by Crippen LogP contribution is -2.34. The Labute approximate surface area is 141 Å². The summed E-state index contributed by atoms with van der Waals surface area (Å²) < 4.78 is 4.83. The highest BCUT2D eigenvalue weighted by molar-refractivity contribution is 7.13. The predicted octanol–water partition coefficient (Wildman–Crippen LogP) is 2.43. The van der Waals surface area contributed by atoms with Gasteiger partial charge in [0, 0.05) is 17.7 Å². The van der Waals surface area contributed by atoms with Crippen LogP contribution in [0.15, 0.2) is 47.7 Å². The van der Waals surface area contributed by atoms with Crippen molar-refractivity contribution in [3.63, 3.8) is 0 Å². The van der Waals surface area contributed by atoms with Gasteiger partial charge in [-0.3, -0.25) is 19.4 Å². The SMILES string of the molecule is CC1=CC(=O)C(C(=O)/C=C/c2csc(-c3ccccn3)n2)C(=O)O1. The van der Waals surface area contributed by atoms with Crippen molar-refractivity contribution in [2.75, 3.05) is 0 Å². The molecule has 1 unspecified atom stereocenters. The van der Waals surface area contributed by atoms with E-state index in [4.69, 9.17) is 4.74 Å². The Balaban J connectivity index is 1.75. The summed E-state index contributed by atoms with van der Waals surface area (Å²) >= 11 is 1.39. The molecule has 1 atom stereocenters. The topological polar surface area (TPSA) is 86.2 Å². The zero-order chi connectivity index (χ0) is 17.1. The number of thiazole rings is 1. The van der Waals surface area contributed by atoms with Crippen molar-refractivity contribution >= 4 is 34.9 Å². The normalized spacial score (nSPS) is 17.7. The van der Waals surface area contributed by atoms with Crippen molar-refractivity contribution in [1.29, 1.82) is 0 Å². The summed E-state index contributed by atoms with van der Waals surface area (Å²) in [6, 6.07) is 5.51. The van der Waals surface area contributed by atoms with Crippen LogP contribution in [0.25, 0.3) is 16.8 Å². The molecular weight excluding hydrogens is 328 g/mol. The third kappa shape index (κ3) is 3.36. The standard InChI is InChI=1S/C17H12N2O4S/c1-10-8-14(21)15(17(22)23-10)13(20)6-5-11-9-24-16(19-11)12-4-2-3-7-18-12/h2-9,15H,1H3/b6-5+. The van der Waals surface area contributed by atoms with Crippen LogP contribution in [-0.2, 0) is 19.1 Å². The van der Waals surface area contributed by atoms with E-state index in [1.54, 1.807) is 11.6 Å². The highest BCUT2D eigenvalue weighted by Crippen LogP contribution is 2.22. The van der Waals surface area contributed by atoms with Crippen molar-refractivity contribution in [3.8, 4) is 10.7 Å². The summed E-state index contributed by atoms with van der Waals surface area (Å²) in [4.78, 5) is 44.2. The van der Waals surface area contributed by atoms with E-state index >= 15 is 0 Å². The van der Waals surface area contributed by atoms with Gasteiger partial charge in [0.15, 0.2) is 17.5 Å². The molecule has 0 aromatic carbocycles. The number of allylic oxidation sites excluding steroid dienone is 3. The largest absolute Gasteiger partial charge is 0.430 e. The van der Waals surface area contributed by atoms with Crippen LogP contribution in [0.5, 0.6) is 0 Å². The maximum Gasteiger partial charge on any atom is 0.329 e. The van der Waals surface area contributed by atoms with Crippen LogP contribution in [0, 0.1) is 5.92 Å². The van der Waals surface area contributed by atoms with E-state index in [2.05, 4.69) is 9.97 Å². The Hall–Kier alpha value is -2.93. The second-order valence-electron chi connectivity index (χ2n) is 5.04. The number of cyclic esters (lactones) is 1. The zero-order valence-corrected chi connectivity index (χ0v) is 13.4. The molecule has 7 heteroatoms. The molecule has 0 amide bonds. The maximum absolute atomic E-state index is 12.1. The van der Waals surface area contributed by atoms with Crippen LogP contribution in [0.4, 0.5) is 0 Å². The van der Waals surface area contributed by atoms with Gasteiger partial charge in [0.2, 0.25) is 0 Å². The van der Waals surface area contributed by atoms with Crippen LogP contribution in [-0.4, -0.2) is 27.5 Å². The molecule has 0 spiro atoms. The van der Waals surface area contributed by atoms with Gasteiger partial charge >= 0.3 is 5.97 Å². The minimum absolute atomic E-state index is 0.192. The number of esters is 1. The van der Waals surface area contributed by atoms with E-state index in [0.717, 1.165) is 16.8 Å². The summed E-state index contributed by atoms with van der Waals surface area (Å²) in [5.74, 6) is -3.27. The van der Waals surface area contributed by atoms with Crippen LogP contribution in [0.1, 0.15) is 12.6 Å². The molecule has 3 rings (SSSR count). The first-order valence-corrected chi connectivity index (χ1v) is 7.95. The van der Waals surface area contributed by atoms with Crippen molar-refractivity contribution < 1.29 is 19.1 Å². The molecule has 120 valence electrons. The summed E-state index contributed by atoms with van der Waals surface area (Å²) in [6.07, 6.45) is 5.47. The molecule has 0 fully saturated rings. The van der Waals surface area contributed by atoms with Crippen LogP contribution in [0.3, 0.4) is 0 Å². The zero-order valence-electron chi connectivity index (χ0n) is 12.6. The Morgan fingerprint density at radius 3 is 2.88 bits per heavy atom. The lowest BCUT2D eigenvalue weighted by Gasteiger charge is -2.15. The van der Waals surface area contributed by atoms with E-state index < -0.39 is 23.5 Å². The number of hydrogen-bond donors (Lipinski definition) is 0. The fraction of sp³-hybridized carbons (Fsp3) is 0.118. The van der Waals surface area contributed by atoms with Crippen molar-refractivity contribution in [1.82, 2.24) is 9.97 Å². The molecule has 2 aromatic rings. The second-order valence-corrected chi connectivity index (χ2v) is 5.90. The highest BCUT2D eigenvalue weighted by Gasteiger charge is 2.36. The van der Waals surface area contributed by atoms with Crippen LogP contribution < -0.4 is 0 Å². The van der Waals surface area contributed by atoms with Crippen molar-refractivity contribution in [2.24, 2.45) is 5.92 Å². The van der Waals surface area contributed by atoms with Gasteiger partial charge in [-0.05, 0) is 31.2 Å². The number of aromatic nitrogens is 2. The minimum Gasteiger partial charge on any atom is -0.430 e. The first kappa shape index (κ1) is 15.9. The molecule has 3 heterocycles. The first-order chi connectivity index (χ1) is 11.5. The summed E-state index contributed by atoms with van der Waals surface area (Å²) in [5.41, 5.74) is 1.29. The molecule has 0 radical (unpaired) electrons. The van der Waals surface area contributed by atoms with Gasteiger partial charge in [0.25, 0.3) is 0 Å². The quantitative estimate of drug-likeness (QED) is 0.483. The molecule has 1 aliphatic heterocycles. The smallest absolute Gasteiger partial charge is 0.329 e. The number of hydrogen-bond acceptors (Lipinski definition) is 7. The van der Waals surface area contributed by atoms with Gasteiger partial charge in [-0.1, -0.05) is 6.07 Å². The molecule has 6 nitrogen and oxygen atoms in total. The van der Waals surface area contributed by atoms with E-state index in [1.165, 1.54) is 30.4 Å². The number of nitrogens with zero attached hydrogens (tertiary/aromatic N) is 2. The molecule has 1 aliphatic rings. The Bertz CT molecular complexity index is 868. The summed E-state index contributed by atoms with van der Waals surface area (Å²) in [5, 5.41) is 2.48. The third-order valence-electron chi connectivity index (χ3n) is 3.24. The molecule has 0 bridgehead atoms. The predicted molar refractivity (Wildman–Crippen MR) is 87.7 cm³/mol. The lowest BCUT2D eigenvalue weighted by molar-refractivity contribution is -0.151. The van der Waals surface area contributed by atoms with Gasteiger partial charge in [0.1, 0.15) is 10.8 Å². The van der Waals surface area contributed by atoms with Crippen LogP contribution >= 0.6 is 11.3 Å². The minimum atomic E-state index is -1.43. The number of pyridine rings is 1. The van der Waals surface area contributed by atoms with Crippen molar-refractivity contribution in [2.45, 2.75) is 6.92 Å². The van der Waals surface area contributed by atoms with Gasteiger partial charge in [-0.15, -0.1) is 11.3 Å². The maximum atomic E-state index is 12.1. The number of carbonyl (C=O) groups excluding carboxylic acids is 3. The fourth-order valence-corrected chi connectivity index (χ4v) is 2.90. The molecule has 0 N–H and O–H groups in total. The highest BCUT2D eigenvalue weighted by atomic mass is 32.1. The average Bonchev–Trinajstić information content (AvgIpc) is 3.02. The van der Waals surface area contributed by atoms with Gasteiger partial charge in [-0.25, -0.2) is 4.98 Å². The number of ketones is 2. The molecule has 0 saturated heterocycles. The van der Waals surface area contributed by atoms with Crippen LogP contribution in [0.2, 0.25) is 0 Å². The average molecular weight is 340 g/mol. The van der Waals surface area contributed by atoms with E-state index in [9.17, 15) is 14.4 Å². The monoisotopic (exact) mass is 340 g/mol. The summed E-state index contributed by atoms with van der Waals surface area (Å²) in [7, 11) is 0. The molecule has 2 aromatic heterocycles. The molecule has 0 aliphatic carbocycles. The van der Waals surface area contributed by atoms with Gasteiger partial charge in [-0.2, -0.15) is 0 Å². The van der Waals surface area contributed by atoms with Crippen molar-refractivity contribution in [3.05, 3.63) is 53.4 Å². The molecular formula is C17H12N2O4S. The lowest BCUT2D eigenvalue weighted by atomic mass is 9.96. The number of ether oxygens (including phenoxy) is 1. The third-order valence-corrected chi connectivity index (χ3v) is 4.12. The summed E-state index contributed by atoms with van der Waals surface area (Å²) in [6.45, 7) is 1.49. The van der Waals surface area contributed by atoms with Gasteiger partial charge < -0.3 is 4.74 Å². The first-order valence-electron chi connectivity index (χ1n) is 7.07.